The van der Waals surface area contributed by atoms with Crippen molar-refractivity contribution < 1.29 is 18.0 Å². The Bertz CT molecular complexity index is 846. The molecule has 1 aromatic rings. The molecule has 1 saturated carbocycles. The Morgan fingerprint density at radius 3 is 2.61 bits per heavy atom. The highest BCUT2D eigenvalue weighted by Crippen LogP contribution is 2.37. The van der Waals surface area contributed by atoms with Gasteiger partial charge in [0.25, 0.3) is 0 Å². The van der Waals surface area contributed by atoms with Crippen LogP contribution in [-0.4, -0.2) is 36.8 Å². The van der Waals surface area contributed by atoms with Crippen LogP contribution in [0.2, 0.25) is 0 Å². The molecular formula is C20H28N2O4S2. The third kappa shape index (κ3) is 4.89. The van der Waals surface area contributed by atoms with Crippen LogP contribution in [0, 0.1) is 0 Å². The summed E-state index contributed by atoms with van der Waals surface area (Å²) >= 11 is 1.41. The second-order valence-corrected chi connectivity index (χ2v) is 11.5. The number of hydrogen-bond donors (Lipinski definition) is 2. The summed E-state index contributed by atoms with van der Waals surface area (Å²) in [6, 6.07) is 4.94. The lowest BCUT2D eigenvalue weighted by Crippen LogP contribution is -2.37. The number of carbonyl (C=O) groups excluding carboxylic acids is 2. The Morgan fingerprint density at radius 2 is 1.93 bits per heavy atom. The summed E-state index contributed by atoms with van der Waals surface area (Å²) in [5, 5.41) is 4.73. The fraction of sp³-hybridized carbons (Fsp3) is 0.600. The zero-order valence-corrected chi connectivity index (χ0v) is 18.0. The minimum Gasteiger partial charge on any atom is -0.353 e. The van der Waals surface area contributed by atoms with Gasteiger partial charge in [-0.1, -0.05) is 25.7 Å². The molecule has 0 radical (unpaired) electrons. The number of carbonyl (C=O) groups is 2. The predicted molar refractivity (Wildman–Crippen MR) is 111 cm³/mol. The fourth-order valence-corrected chi connectivity index (χ4v) is 5.98. The Hall–Kier alpha value is -1.54. The van der Waals surface area contributed by atoms with E-state index in [1.165, 1.54) is 30.7 Å². The van der Waals surface area contributed by atoms with Crippen molar-refractivity contribution >= 4 is 39.1 Å². The van der Waals surface area contributed by atoms with Crippen LogP contribution in [0.3, 0.4) is 0 Å². The number of benzene rings is 1. The average Bonchev–Trinajstić information content (AvgIpc) is 2.90. The zero-order valence-electron chi connectivity index (χ0n) is 16.4. The smallest absolute Gasteiger partial charge is 0.237 e. The summed E-state index contributed by atoms with van der Waals surface area (Å²) < 4.78 is 25.9. The van der Waals surface area contributed by atoms with Crippen molar-refractivity contribution in [2.75, 3.05) is 5.32 Å². The van der Waals surface area contributed by atoms with Gasteiger partial charge in [0.05, 0.1) is 21.1 Å². The third-order valence-corrected chi connectivity index (χ3v) is 8.75. The van der Waals surface area contributed by atoms with Gasteiger partial charge in [-0.3, -0.25) is 9.59 Å². The standard InChI is InChI=1S/C20H28N2O4S2/c1-13(11-19(23)21-15-7-5-3-4-6-8-15)28(25,26)16-9-10-18-17(12-16)22-20(24)14(2)27-18/h9-10,12-15H,3-8,11H2,1-2H3,(H,21,23)(H,22,24). The maximum atomic E-state index is 12.9. The molecule has 0 saturated heterocycles. The van der Waals surface area contributed by atoms with E-state index in [9.17, 15) is 18.0 Å². The van der Waals surface area contributed by atoms with E-state index >= 15 is 0 Å². The van der Waals surface area contributed by atoms with E-state index in [2.05, 4.69) is 10.6 Å². The molecule has 1 heterocycles. The van der Waals surface area contributed by atoms with Crippen LogP contribution >= 0.6 is 11.8 Å². The van der Waals surface area contributed by atoms with Crippen LogP contribution in [0.5, 0.6) is 0 Å². The Labute approximate surface area is 171 Å². The molecule has 2 aliphatic rings. The molecule has 2 amide bonds. The number of sulfone groups is 1. The first kappa shape index (κ1) is 21.2. The molecule has 0 bridgehead atoms. The first-order valence-corrected chi connectivity index (χ1v) is 12.3. The second kappa shape index (κ2) is 8.86. The number of rotatable bonds is 5. The second-order valence-electron chi connectivity index (χ2n) is 7.72. The molecule has 154 valence electrons. The summed E-state index contributed by atoms with van der Waals surface area (Å²) in [7, 11) is -3.67. The summed E-state index contributed by atoms with van der Waals surface area (Å²) in [6.07, 6.45) is 6.48. The lowest BCUT2D eigenvalue weighted by Gasteiger charge is -2.22. The van der Waals surface area contributed by atoms with Crippen molar-refractivity contribution in [3.05, 3.63) is 18.2 Å². The summed E-state index contributed by atoms with van der Waals surface area (Å²) in [5.41, 5.74) is 0.518. The number of thioether (sulfide) groups is 1. The largest absolute Gasteiger partial charge is 0.353 e. The number of hydrogen-bond acceptors (Lipinski definition) is 5. The van der Waals surface area contributed by atoms with E-state index in [1.54, 1.807) is 19.1 Å². The third-order valence-electron chi connectivity index (χ3n) is 5.43. The van der Waals surface area contributed by atoms with E-state index in [0.717, 1.165) is 30.6 Å². The Balaban J connectivity index is 1.67. The monoisotopic (exact) mass is 424 g/mol. The molecule has 28 heavy (non-hydrogen) atoms. The fourth-order valence-electron chi connectivity index (χ4n) is 3.68. The molecule has 2 unspecified atom stereocenters. The van der Waals surface area contributed by atoms with E-state index < -0.39 is 15.1 Å². The SMILES string of the molecule is CC1Sc2ccc(S(=O)(=O)C(C)CC(=O)NC3CCCCCC3)cc2NC1=O. The highest BCUT2D eigenvalue weighted by atomic mass is 32.2. The molecule has 1 fully saturated rings. The van der Waals surface area contributed by atoms with Crippen LogP contribution < -0.4 is 10.6 Å². The van der Waals surface area contributed by atoms with Gasteiger partial charge in [0, 0.05) is 17.4 Å². The summed E-state index contributed by atoms with van der Waals surface area (Å²) in [4.78, 5) is 25.3. The van der Waals surface area contributed by atoms with Gasteiger partial charge in [-0.2, -0.15) is 0 Å². The summed E-state index contributed by atoms with van der Waals surface area (Å²) in [6.45, 7) is 3.37. The molecule has 8 heteroatoms. The van der Waals surface area contributed by atoms with Gasteiger partial charge in [-0.25, -0.2) is 8.42 Å². The van der Waals surface area contributed by atoms with Gasteiger partial charge in [0.2, 0.25) is 11.8 Å². The topological polar surface area (TPSA) is 92.3 Å². The van der Waals surface area contributed by atoms with Gasteiger partial charge >= 0.3 is 0 Å². The van der Waals surface area contributed by atoms with E-state index in [1.807, 2.05) is 6.92 Å². The van der Waals surface area contributed by atoms with Crippen molar-refractivity contribution in [1.82, 2.24) is 5.32 Å². The number of amides is 2. The van der Waals surface area contributed by atoms with Crippen molar-refractivity contribution in [2.24, 2.45) is 0 Å². The highest BCUT2D eigenvalue weighted by Gasteiger charge is 2.29. The number of anilines is 1. The van der Waals surface area contributed by atoms with Gasteiger partial charge in [0.1, 0.15) is 0 Å². The molecule has 1 aromatic carbocycles. The molecular weight excluding hydrogens is 396 g/mol. The van der Waals surface area contributed by atoms with Crippen molar-refractivity contribution in [1.29, 1.82) is 0 Å². The van der Waals surface area contributed by atoms with Crippen LogP contribution in [0.4, 0.5) is 5.69 Å². The summed E-state index contributed by atoms with van der Waals surface area (Å²) in [5.74, 6) is -0.346. The van der Waals surface area contributed by atoms with Gasteiger partial charge in [-0.15, -0.1) is 11.8 Å². The molecule has 1 aliphatic carbocycles. The number of fused-ring (bicyclic) bond motifs is 1. The molecule has 0 aromatic heterocycles. The minimum absolute atomic E-state index is 0.0614. The molecule has 2 atom stereocenters. The average molecular weight is 425 g/mol. The highest BCUT2D eigenvalue weighted by molar-refractivity contribution is 8.01. The van der Waals surface area contributed by atoms with Crippen molar-refractivity contribution in [2.45, 2.75) is 85.1 Å². The predicted octanol–water partition coefficient (Wildman–Crippen LogP) is 3.51. The normalized spacial score (nSPS) is 21.9. The molecule has 6 nitrogen and oxygen atoms in total. The maximum Gasteiger partial charge on any atom is 0.237 e. The number of nitrogens with one attached hydrogen (secondary N) is 2. The van der Waals surface area contributed by atoms with Crippen molar-refractivity contribution in [3.63, 3.8) is 0 Å². The van der Waals surface area contributed by atoms with Crippen LogP contribution in [-0.2, 0) is 19.4 Å². The zero-order chi connectivity index (χ0) is 20.3. The van der Waals surface area contributed by atoms with Crippen LogP contribution in [0.1, 0.15) is 58.8 Å². The van der Waals surface area contributed by atoms with Gasteiger partial charge in [0.15, 0.2) is 9.84 Å². The van der Waals surface area contributed by atoms with Gasteiger partial charge in [-0.05, 0) is 44.9 Å². The lowest BCUT2D eigenvalue weighted by atomic mass is 10.1. The van der Waals surface area contributed by atoms with Crippen molar-refractivity contribution in [3.8, 4) is 0 Å². The maximum absolute atomic E-state index is 12.9. The first-order chi connectivity index (χ1) is 13.3. The Morgan fingerprint density at radius 1 is 1.25 bits per heavy atom. The van der Waals surface area contributed by atoms with E-state index in [0.29, 0.717) is 5.69 Å². The van der Waals surface area contributed by atoms with Crippen LogP contribution in [0.15, 0.2) is 28.0 Å². The Kier molecular flexibility index (Phi) is 6.70. The first-order valence-electron chi connectivity index (χ1n) is 9.92. The van der Waals surface area contributed by atoms with E-state index in [-0.39, 0.29) is 34.4 Å². The lowest BCUT2D eigenvalue weighted by molar-refractivity contribution is -0.121. The molecule has 1 aliphatic heterocycles. The minimum atomic E-state index is -3.67. The molecule has 0 spiro atoms. The molecule has 3 rings (SSSR count). The quantitative estimate of drug-likeness (QED) is 0.706. The van der Waals surface area contributed by atoms with Gasteiger partial charge < -0.3 is 10.6 Å². The molecule has 2 N–H and O–H groups in total. The van der Waals surface area contributed by atoms with Crippen LogP contribution in [0.25, 0.3) is 0 Å². The van der Waals surface area contributed by atoms with E-state index in [4.69, 9.17) is 0 Å².